The molecule has 2 aromatic rings. The van der Waals surface area contributed by atoms with E-state index in [1.165, 1.54) is 4.90 Å². The van der Waals surface area contributed by atoms with Gasteiger partial charge in [0.15, 0.2) is 12.7 Å². The maximum Gasteiger partial charge on any atom is 0.265 e. The van der Waals surface area contributed by atoms with Crippen LogP contribution in [-0.2, 0) is 9.59 Å². The van der Waals surface area contributed by atoms with Gasteiger partial charge in [-0.2, -0.15) is 0 Å². The number of nitrogens with one attached hydrogen (secondary N) is 1. The molecule has 1 N–H and O–H groups in total. The van der Waals surface area contributed by atoms with Crippen molar-refractivity contribution in [3.63, 3.8) is 0 Å². The van der Waals surface area contributed by atoms with E-state index in [9.17, 15) is 9.59 Å². The van der Waals surface area contributed by atoms with Crippen molar-refractivity contribution in [1.29, 1.82) is 0 Å². The van der Waals surface area contributed by atoms with Gasteiger partial charge >= 0.3 is 0 Å². The number of amides is 2. The quantitative estimate of drug-likeness (QED) is 0.923. The normalized spacial score (nSPS) is 15.8. The summed E-state index contributed by atoms with van der Waals surface area (Å²) in [5, 5.41) is 2.55. The molecule has 6 nitrogen and oxygen atoms in total. The molecule has 0 spiro atoms. The Balaban J connectivity index is 1.75. The third-order valence-electron chi connectivity index (χ3n) is 4.00. The van der Waals surface area contributed by atoms with Gasteiger partial charge in [-0.1, -0.05) is 29.8 Å². The lowest BCUT2D eigenvalue weighted by Crippen LogP contribution is -2.51. The van der Waals surface area contributed by atoms with Crippen LogP contribution in [0.5, 0.6) is 11.5 Å². The summed E-state index contributed by atoms with van der Waals surface area (Å²) in [6, 6.07) is 14.6. The second-order valence-electron chi connectivity index (χ2n) is 5.79. The molecule has 0 aliphatic carbocycles. The van der Waals surface area contributed by atoms with Crippen LogP contribution in [0.15, 0.2) is 48.5 Å². The molecule has 0 radical (unpaired) electrons. The fourth-order valence-electron chi connectivity index (χ4n) is 2.63. The Kier molecular flexibility index (Phi) is 4.88. The molecule has 0 fully saturated rings. The zero-order valence-corrected chi connectivity index (χ0v) is 14.2. The fraction of sp³-hybridized carbons (Fsp3) is 0.263. The van der Waals surface area contributed by atoms with Gasteiger partial charge in [0, 0.05) is 7.05 Å². The summed E-state index contributed by atoms with van der Waals surface area (Å²) in [5.41, 5.74) is 1.76. The molecule has 0 saturated heterocycles. The Morgan fingerprint density at radius 3 is 2.64 bits per heavy atom. The number of hydrogen-bond donors (Lipinski definition) is 1. The van der Waals surface area contributed by atoms with E-state index in [4.69, 9.17) is 9.47 Å². The maximum absolute atomic E-state index is 12.7. The molecule has 2 amide bonds. The van der Waals surface area contributed by atoms with Gasteiger partial charge in [-0.15, -0.1) is 0 Å². The number of hydrogen-bond acceptors (Lipinski definition) is 4. The Hall–Kier alpha value is -3.02. The first-order valence-electron chi connectivity index (χ1n) is 8.05. The number of aryl methyl sites for hydroxylation is 1. The predicted molar refractivity (Wildman–Crippen MR) is 94.0 cm³/mol. The summed E-state index contributed by atoms with van der Waals surface area (Å²) in [7, 11) is 1.54. The van der Waals surface area contributed by atoms with E-state index in [1.54, 1.807) is 25.2 Å². The van der Waals surface area contributed by atoms with Crippen molar-refractivity contribution in [3.8, 4) is 11.5 Å². The first-order chi connectivity index (χ1) is 12.1. The molecule has 0 bridgehead atoms. The highest BCUT2D eigenvalue weighted by molar-refractivity contribution is 5.98. The van der Waals surface area contributed by atoms with Gasteiger partial charge in [0.25, 0.3) is 11.8 Å². The summed E-state index contributed by atoms with van der Waals surface area (Å²) >= 11 is 0. The second-order valence-corrected chi connectivity index (χ2v) is 5.79. The molecule has 25 heavy (non-hydrogen) atoms. The smallest absolute Gasteiger partial charge is 0.265 e. The van der Waals surface area contributed by atoms with Crippen LogP contribution in [0, 0.1) is 6.92 Å². The first kappa shape index (κ1) is 16.8. The van der Waals surface area contributed by atoms with Gasteiger partial charge < -0.3 is 19.7 Å². The van der Waals surface area contributed by atoms with Crippen molar-refractivity contribution < 1.29 is 19.1 Å². The van der Waals surface area contributed by atoms with Crippen molar-refractivity contribution in [3.05, 3.63) is 54.1 Å². The largest absolute Gasteiger partial charge is 0.484 e. The van der Waals surface area contributed by atoms with Gasteiger partial charge in [-0.05, 0) is 31.2 Å². The molecule has 0 unspecified atom stereocenters. The predicted octanol–water partition coefficient (Wildman–Crippen LogP) is 1.91. The van der Waals surface area contributed by atoms with Crippen LogP contribution in [0.4, 0.5) is 5.69 Å². The third kappa shape index (κ3) is 3.74. The van der Waals surface area contributed by atoms with Crippen molar-refractivity contribution in [2.75, 3.05) is 25.1 Å². The standard InChI is InChI=1S/C19H20N2O4/c1-13-7-9-14(10-8-13)24-12-18(22)21-11-17(19(23)20-2)25-16-6-4-3-5-15(16)21/h3-10,17H,11-12H2,1-2H3,(H,20,23)/t17-/m0/s1. The average Bonchev–Trinajstić information content (AvgIpc) is 2.65. The molecule has 2 aromatic carbocycles. The number of nitrogens with zero attached hydrogens (tertiary/aromatic N) is 1. The highest BCUT2D eigenvalue weighted by atomic mass is 16.5. The van der Waals surface area contributed by atoms with Gasteiger partial charge in [-0.3, -0.25) is 9.59 Å². The Labute approximate surface area is 146 Å². The number of carbonyl (C=O) groups excluding carboxylic acids is 2. The number of ether oxygens (including phenoxy) is 2. The van der Waals surface area contributed by atoms with E-state index >= 15 is 0 Å². The molecule has 1 atom stereocenters. The summed E-state index contributed by atoms with van der Waals surface area (Å²) in [5.74, 6) is 0.631. The lowest BCUT2D eigenvalue weighted by Gasteiger charge is -2.33. The summed E-state index contributed by atoms with van der Waals surface area (Å²) in [6.45, 7) is 2.02. The summed E-state index contributed by atoms with van der Waals surface area (Å²) < 4.78 is 11.3. The number of fused-ring (bicyclic) bond motifs is 1. The number of carbonyl (C=O) groups is 2. The fourth-order valence-corrected chi connectivity index (χ4v) is 2.63. The van der Waals surface area contributed by atoms with Crippen molar-refractivity contribution in [2.45, 2.75) is 13.0 Å². The molecule has 0 saturated carbocycles. The highest BCUT2D eigenvalue weighted by Gasteiger charge is 2.33. The molecule has 0 aromatic heterocycles. The van der Waals surface area contributed by atoms with Crippen LogP contribution >= 0.6 is 0 Å². The van der Waals surface area contributed by atoms with Crippen LogP contribution in [0.3, 0.4) is 0 Å². The molecule has 6 heteroatoms. The van der Waals surface area contributed by atoms with E-state index in [0.717, 1.165) is 5.56 Å². The van der Waals surface area contributed by atoms with Crippen molar-refractivity contribution >= 4 is 17.5 Å². The highest BCUT2D eigenvalue weighted by Crippen LogP contribution is 2.33. The lowest BCUT2D eigenvalue weighted by molar-refractivity contribution is -0.128. The maximum atomic E-state index is 12.7. The van der Waals surface area contributed by atoms with Gasteiger partial charge in [0.05, 0.1) is 12.2 Å². The number of rotatable bonds is 4. The topological polar surface area (TPSA) is 67.9 Å². The van der Waals surface area contributed by atoms with Gasteiger partial charge in [0.2, 0.25) is 0 Å². The summed E-state index contributed by atoms with van der Waals surface area (Å²) in [6.07, 6.45) is -0.747. The van der Waals surface area contributed by atoms with Crippen LogP contribution in [-0.4, -0.2) is 38.1 Å². The van der Waals surface area contributed by atoms with E-state index < -0.39 is 6.10 Å². The third-order valence-corrected chi connectivity index (χ3v) is 4.00. The number of benzene rings is 2. The average molecular weight is 340 g/mol. The number of anilines is 1. The molecular weight excluding hydrogens is 320 g/mol. The molecule has 1 heterocycles. The van der Waals surface area contributed by atoms with Crippen molar-refractivity contribution in [1.82, 2.24) is 5.32 Å². The van der Waals surface area contributed by atoms with E-state index in [-0.39, 0.29) is 25.0 Å². The Morgan fingerprint density at radius 1 is 1.20 bits per heavy atom. The van der Waals surface area contributed by atoms with Crippen LogP contribution in [0.1, 0.15) is 5.56 Å². The minimum absolute atomic E-state index is 0.113. The molecular formula is C19H20N2O4. The van der Waals surface area contributed by atoms with E-state index in [1.807, 2.05) is 37.3 Å². The SMILES string of the molecule is CNC(=O)[C@@H]1CN(C(=O)COc2ccc(C)cc2)c2ccccc2O1. The minimum Gasteiger partial charge on any atom is -0.484 e. The van der Waals surface area contributed by atoms with Crippen LogP contribution in [0.25, 0.3) is 0 Å². The Bertz CT molecular complexity index is 773. The van der Waals surface area contributed by atoms with E-state index in [0.29, 0.717) is 17.2 Å². The molecule has 130 valence electrons. The summed E-state index contributed by atoms with van der Waals surface area (Å²) in [4.78, 5) is 26.2. The molecule has 1 aliphatic heterocycles. The van der Waals surface area contributed by atoms with E-state index in [2.05, 4.69) is 5.32 Å². The molecule has 1 aliphatic rings. The number of likely N-dealkylation sites (N-methyl/N-ethyl adjacent to an activating group) is 1. The molecule has 3 rings (SSSR count). The van der Waals surface area contributed by atoms with Gasteiger partial charge in [-0.25, -0.2) is 0 Å². The van der Waals surface area contributed by atoms with Crippen molar-refractivity contribution in [2.24, 2.45) is 0 Å². The first-order valence-corrected chi connectivity index (χ1v) is 8.05. The number of para-hydroxylation sites is 2. The minimum atomic E-state index is -0.747. The zero-order chi connectivity index (χ0) is 17.8. The van der Waals surface area contributed by atoms with Crippen LogP contribution < -0.4 is 19.7 Å². The van der Waals surface area contributed by atoms with Crippen LogP contribution in [0.2, 0.25) is 0 Å². The lowest BCUT2D eigenvalue weighted by atomic mass is 10.1. The van der Waals surface area contributed by atoms with Gasteiger partial charge in [0.1, 0.15) is 11.5 Å². The monoisotopic (exact) mass is 340 g/mol. The zero-order valence-electron chi connectivity index (χ0n) is 14.2. The Morgan fingerprint density at radius 2 is 1.92 bits per heavy atom. The second kappa shape index (κ2) is 7.25.